The van der Waals surface area contributed by atoms with Gasteiger partial charge in [-0.2, -0.15) is 0 Å². The molecule has 0 aliphatic rings. The number of aromatic nitrogens is 2. The predicted octanol–water partition coefficient (Wildman–Crippen LogP) is 0.134. The SMILES string of the molecule is O=c1cc(CN(CCO)CCO)nc2ccc(Cl)cn12. The van der Waals surface area contributed by atoms with Gasteiger partial charge in [-0.3, -0.25) is 14.1 Å². The third kappa shape index (κ3) is 3.55. The maximum atomic E-state index is 12.0. The second-order valence-electron chi connectivity index (χ2n) is 4.38. The number of aliphatic hydroxyl groups is 2. The predicted molar refractivity (Wildman–Crippen MR) is 75.9 cm³/mol. The fourth-order valence-corrected chi connectivity index (χ4v) is 2.15. The van der Waals surface area contributed by atoms with E-state index in [1.54, 1.807) is 12.1 Å². The summed E-state index contributed by atoms with van der Waals surface area (Å²) in [5.41, 5.74) is 0.907. The molecule has 0 atom stereocenters. The van der Waals surface area contributed by atoms with Crippen LogP contribution in [0.1, 0.15) is 5.69 Å². The van der Waals surface area contributed by atoms with Gasteiger partial charge in [0.05, 0.1) is 23.9 Å². The van der Waals surface area contributed by atoms with E-state index in [4.69, 9.17) is 21.8 Å². The fourth-order valence-electron chi connectivity index (χ4n) is 1.99. The van der Waals surface area contributed by atoms with E-state index in [1.165, 1.54) is 16.7 Å². The molecule has 2 N–H and O–H groups in total. The van der Waals surface area contributed by atoms with Crippen LogP contribution >= 0.6 is 11.6 Å². The minimum absolute atomic E-state index is 0.0117. The van der Waals surface area contributed by atoms with E-state index in [2.05, 4.69) is 4.98 Å². The van der Waals surface area contributed by atoms with Crippen LogP contribution in [0.15, 0.2) is 29.2 Å². The molecule has 0 aliphatic carbocycles. The van der Waals surface area contributed by atoms with Crippen LogP contribution < -0.4 is 5.56 Å². The molecule has 2 heterocycles. The number of aliphatic hydroxyl groups excluding tert-OH is 2. The molecule has 108 valence electrons. The Morgan fingerprint density at radius 2 is 1.95 bits per heavy atom. The molecular formula is C13H16ClN3O3. The number of hydrogen-bond donors (Lipinski definition) is 2. The van der Waals surface area contributed by atoms with Gasteiger partial charge in [0.1, 0.15) is 5.65 Å². The molecule has 0 fully saturated rings. The first-order valence-corrected chi connectivity index (χ1v) is 6.64. The standard InChI is InChI=1S/C13H16ClN3O3/c14-10-1-2-12-15-11(7-13(20)17(12)8-10)9-16(3-5-18)4-6-19/h1-2,7-8,18-19H,3-6,9H2. The van der Waals surface area contributed by atoms with Crippen molar-refractivity contribution >= 4 is 17.2 Å². The van der Waals surface area contributed by atoms with Gasteiger partial charge in [0.15, 0.2) is 0 Å². The molecule has 0 aromatic carbocycles. The monoisotopic (exact) mass is 297 g/mol. The second-order valence-corrected chi connectivity index (χ2v) is 4.82. The van der Waals surface area contributed by atoms with E-state index in [-0.39, 0.29) is 18.8 Å². The van der Waals surface area contributed by atoms with Crippen molar-refractivity contribution in [1.29, 1.82) is 0 Å². The van der Waals surface area contributed by atoms with Crippen molar-refractivity contribution in [2.75, 3.05) is 26.3 Å². The van der Waals surface area contributed by atoms with E-state index in [0.717, 1.165) is 0 Å². The molecule has 2 aromatic heterocycles. The van der Waals surface area contributed by atoms with Gasteiger partial charge < -0.3 is 10.2 Å². The van der Waals surface area contributed by atoms with Gasteiger partial charge in [-0.05, 0) is 12.1 Å². The number of hydrogen-bond acceptors (Lipinski definition) is 5. The molecule has 0 spiro atoms. The molecule has 0 radical (unpaired) electrons. The average molecular weight is 298 g/mol. The van der Waals surface area contributed by atoms with E-state index >= 15 is 0 Å². The minimum Gasteiger partial charge on any atom is -0.395 e. The third-order valence-corrected chi connectivity index (χ3v) is 3.12. The van der Waals surface area contributed by atoms with Crippen molar-refractivity contribution in [3.05, 3.63) is 45.5 Å². The molecule has 2 rings (SSSR count). The van der Waals surface area contributed by atoms with E-state index in [0.29, 0.717) is 36.0 Å². The topological polar surface area (TPSA) is 78.1 Å². The Labute approximate surface area is 120 Å². The van der Waals surface area contributed by atoms with Crippen molar-refractivity contribution in [3.8, 4) is 0 Å². The second kappa shape index (κ2) is 6.81. The summed E-state index contributed by atoms with van der Waals surface area (Å²) < 4.78 is 1.38. The van der Waals surface area contributed by atoms with Gasteiger partial charge in [-0.15, -0.1) is 0 Å². The smallest absolute Gasteiger partial charge is 0.258 e. The molecule has 0 saturated heterocycles. The zero-order valence-electron chi connectivity index (χ0n) is 10.9. The molecular weight excluding hydrogens is 282 g/mol. The van der Waals surface area contributed by atoms with E-state index in [9.17, 15) is 4.79 Å². The van der Waals surface area contributed by atoms with Crippen LogP contribution in [0.3, 0.4) is 0 Å². The number of rotatable bonds is 6. The molecule has 0 bridgehead atoms. The Hall–Kier alpha value is -1.47. The van der Waals surface area contributed by atoms with Crippen molar-refractivity contribution in [1.82, 2.24) is 14.3 Å². The zero-order chi connectivity index (χ0) is 14.5. The van der Waals surface area contributed by atoms with Crippen LogP contribution in [0.5, 0.6) is 0 Å². The lowest BCUT2D eigenvalue weighted by molar-refractivity contribution is 0.154. The molecule has 2 aromatic rings. The Kier molecular flexibility index (Phi) is 5.08. The highest BCUT2D eigenvalue weighted by Gasteiger charge is 2.08. The lowest BCUT2D eigenvalue weighted by atomic mass is 10.3. The van der Waals surface area contributed by atoms with Crippen molar-refractivity contribution in [2.24, 2.45) is 0 Å². The first-order valence-electron chi connectivity index (χ1n) is 6.26. The van der Waals surface area contributed by atoms with Crippen molar-refractivity contribution in [3.63, 3.8) is 0 Å². The van der Waals surface area contributed by atoms with Crippen LogP contribution in [0, 0.1) is 0 Å². The van der Waals surface area contributed by atoms with E-state index < -0.39 is 0 Å². The molecule has 6 nitrogen and oxygen atoms in total. The van der Waals surface area contributed by atoms with Gasteiger partial charge in [-0.25, -0.2) is 4.98 Å². The fraction of sp³-hybridized carbons (Fsp3) is 0.385. The Morgan fingerprint density at radius 1 is 1.25 bits per heavy atom. The average Bonchev–Trinajstić information content (AvgIpc) is 2.40. The highest BCUT2D eigenvalue weighted by atomic mass is 35.5. The molecule has 7 heteroatoms. The van der Waals surface area contributed by atoms with Gasteiger partial charge in [0.2, 0.25) is 0 Å². The normalized spacial score (nSPS) is 11.4. The number of pyridine rings is 1. The summed E-state index contributed by atoms with van der Waals surface area (Å²) in [5.74, 6) is 0. The third-order valence-electron chi connectivity index (χ3n) is 2.89. The summed E-state index contributed by atoms with van der Waals surface area (Å²) >= 11 is 5.85. The van der Waals surface area contributed by atoms with Crippen LogP contribution in [-0.4, -0.2) is 50.8 Å². The van der Waals surface area contributed by atoms with Gasteiger partial charge >= 0.3 is 0 Å². The quantitative estimate of drug-likeness (QED) is 0.793. The molecule has 0 amide bonds. The summed E-state index contributed by atoms with van der Waals surface area (Å²) in [6.45, 7) is 1.21. The summed E-state index contributed by atoms with van der Waals surface area (Å²) in [4.78, 5) is 18.2. The number of halogens is 1. The zero-order valence-corrected chi connectivity index (χ0v) is 11.6. The van der Waals surface area contributed by atoms with Gasteiger partial charge in [0.25, 0.3) is 5.56 Å². The summed E-state index contributed by atoms with van der Waals surface area (Å²) in [6, 6.07) is 4.78. The summed E-state index contributed by atoms with van der Waals surface area (Å²) in [5, 5.41) is 18.4. The summed E-state index contributed by atoms with van der Waals surface area (Å²) in [6.07, 6.45) is 1.52. The summed E-state index contributed by atoms with van der Waals surface area (Å²) in [7, 11) is 0. The van der Waals surface area contributed by atoms with Crippen molar-refractivity contribution in [2.45, 2.75) is 6.54 Å². The molecule has 0 unspecified atom stereocenters. The number of nitrogens with zero attached hydrogens (tertiary/aromatic N) is 3. The largest absolute Gasteiger partial charge is 0.395 e. The highest BCUT2D eigenvalue weighted by Crippen LogP contribution is 2.09. The Morgan fingerprint density at radius 3 is 2.60 bits per heavy atom. The maximum Gasteiger partial charge on any atom is 0.258 e. The minimum atomic E-state index is -0.208. The van der Waals surface area contributed by atoms with Crippen LogP contribution in [0.2, 0.25) is 5.02 Å². The number of fused-ring (bicyclic) bond motifs is 1. The van der Waals surface area contributed by atoms with Gasteiger partial charge in [0, 0.05) is 31.9 Å². The van der Waals surface area contributed by atoms with Gasteiger partial charge in [-0.1, -0.05) is 11.6 Å². The lowest BCUT2D eigenvalue weighted by Crippen LogP contribution is -2.30. The molecule has 0 saturated carbocycles. The van der Waals surface area contributed by atoms with Crippen molar-refractivity contribution < 1.29 is 10.2 Å². The van der Waals surface area contributed by atoms with Crippen LogP contribution in [0.25, 0.3) is 5.65 Å². The molecule has 20 heavy (non-hydrogen) atoms. The van der Waals surface area contributed by atoms with Crippen LogP contribution in [-0.2, 0) is 6.54 Å². The Balaban J connectivity index is 2.31. The molecule has 0 aliphatic heterocycles. The first-order chi connectivity index (χ1) is 9.63. The highest BCUT2D eigenvalue weighted by molar-refractivity contribution is 6.30. The van der Waals surface area contributed by atoms with Crippen LogP contribution in [0.4, 0.5) is 0 Å². The van der Waals surface area contributed by atoms with E-state index in [1.807, 2.05) is 4.90 Å². The first kappa shape index (κ1) is 14.9. The lowest BCUT2D eigenvalue weighted by Gasteiger charge is -2.19. The Bertz CT molecular complexity index is 638. The maximum absolute atomic E-state index is 12.0.